The molecule has 6 heteroatoms. The Labute approximate surface area is 128 Å². The van der Waals surface area contributed by atoms with E-state index in [1.165, 1.54) is 0 Å². The molecule has 0 saturated carbocycles. The SMILES string of the molecule is CC(C)(C)c1nc2cc3c(cc2n1CCCC(=O)O)OCO3. The zero-order valence-electron chi connectivity index (χ0n) is 13.0. The summed E-state index contributed by atoms with van der Waals surface area (Å²) in [6.07, 6.45) is 0.714. The summed E-state index contributed by atoms with van der Waals surface area (Å²) in [5.41, 5.74) is 1.68. The number of hydrogen-bond acceptors (Lipinski definition) is 4. The molecule has 1 N–H and O–H groups in total. The summed E-state index contributed by atoms with van der Waals surface area (Å²) in [7, 11) is 0. The summed E-state index contributed by atoms with van der Waals surface area (Å²) in [4.78, 5) is 15.5. The van der Waals surface area contributed by atoms with E-state index in [1.807, 2.05) is 12.1 Å². The second kappa shape index (κ2) is 5.19. The van der Waals surface area contributed by atoms with Crippen molar-refractivity contribution in [1.29, 1.82) is 0 Å². The number of aryl methyl sites for hydroxylation is 1. The van der Waals surface area contributed by atoms with E-state index >= 15 is 0 Å². The number of ether oxygens (including phenoxy) is 2. The first-order valence-corrected chi connectivity index (χ1v) is 7.38. The number of imidazole rings is 1. The first kappa shape index (κ1) is 14.7. The molecule has 0 amide bonds. The molecule has 0 unspecified atom stereocenters. The molecule has 3 rings (SSSR count). The van der Waals surface area contributed by atoms with Gasteiger partial charge in [0.2, 0.25) is 6.79 Å². The predicted molar refractivity (Wildman–Crippen MR) is 81.4 cm³/mol. The highest BCUT2D eigenvalue weighted by molar-refractivity contribution is 5.81. The van der Waals surface area contributed by atoms with Crippen LogP contribution in [0.5, 0.6) is 11.5 Å². The van der Waals surface area contributed by atoms with Gasteiger partial charge in [0.25, 0.3) is 0 Å². The molecule has 6 nitrogen and oxygen atoms in total. The van der Waals surface area contributed by atoms with Crippen LogP contribution in [-0.2, 0) is 16.8 Å². The van der Waals surface area contributed by atoms with Crippen molar-refractivity contribution in [3.05, 3.63) is 18.0 Å². The van der Waals surface area contributed by atoms with E-state index in [9.17, 15) is 4.79 Å². The largest absolute Gasteiger partial charge is 0.481 e. The molecule has 2 aromatic rings. The molecule has 0 radical (unpaired) electrons. The van der Waals surface area contributed by atoms with Crippen molar-refractivity contribution >= 4 is 17.0 Å². The molecule has 0 spiro atoms. The first-order chi connectivity index (χ1) is 10.4. The van der Waals surface area contributed by atoms with Crippen LogP contribution in [0.15, 0.2) is 12.1 Å². The van der Waals surface area contributed by atoms with Crippen LogP contribution >= 0.6 is 0 Å². The minimum atomic E-state index is -0.778. The number of rotatable bonds is 4. The van der Waals surface area contributed by atoms with Crippen molar-refractivity contribution in [2.45, 2.75) is 45.6 Å². The van der Waals surface area contributed by atoms with Gasteiger partial charge in [-0.05, 0) is 6.42 Å². The number of carboxylic acids is 1. The number of nitrogens with zero attached hydrogens (tertiary/aromatic N) is 2. The lowest BCUT2D eigenvalue weighted by molar-refractivity contribution is -0.137. The molecule has 0 saturated heterocycles. The van der Waals surface area contributed by atoms with E-state index in [1.54, 1.807) is 0 Å². The summed E-state index contributed by atoms with van der Waals surface area (Å²) in [6.45, 7) is 7.15. The average Bonchev–Trinajstić information content (AvgIpc) is 2.99. The van der Waals surface area contributed by atoms with E-state index in [0.717, 1.165) is 16.9 Å². The quantitative estimate of drug-likeness (QED) is 0.940. The molecule has 0 aliphatic carbocycles. The Balaban J connectivity index is 2.06. The lowest BCUT2D eigenvalue weighted by Crippen LogP contribution is -2.19. The van der Waals surface area contributed by atoms with Crippen LogP contribution in [0, 0.1) is 0 Å². The minimum absolute atomic E-state index is 0.131. The lowest BCUT2D eigenvalue weighted by atomic mass is 9.95. The van der Waals surface area contributed by atoms with Gasteiger partial charge in [-0.25, -0.2) is 4.98 Å². The monoisotopic (exact) mass is 304 g/mol. The summed E-state index contributed by atoms with van der Waals surface area (Å²) >= 11 is 0. The Morgan fingerprint density at radius 3 is 2.64 bits per heavy atom. The van der Waals surface area contributed by atoms with Gasteiger partial charge in [-0.3, -0.25) is 4.79 Å². The maximum absolute atomic E-state index is 10.8. The summed E-state index contributed by atoms with van der Waals surface area (Å²) in [5, 5.41) is 8.85. The molecule has 0 bridgehead atoms. The number of hydrogen-bond donors (Lipinski definition) is 1. The second-order valence-electron chi connectivity index (χ2n) is 6.53. The maximum atomic E-state index is 10.8. The van der Waals surface area contributed by atoms with E-state index in [4.69, 9.17) is 19.6 Å². The number of carboxylic acid groups (broad SMARTS) is 1. The van der Waals surface area contributed by atoms with Crippen LogP contribution in [-0.4, -0.2) is 27.4 Å². The van der Waals surface area contributed by atoms with Crippen LogP contribution in [0.4, 0.5) is 0 Å². The van der Waals surface area contributed by atoms with Gasteiger partial charge in [-0.2, -0.15) is 0 Å². The normalized spacial score (nSPS) is 13.8. The number of fused-ring (bicyclic) bond motifs is 2. The molecule has 0 fully saturated rings. The highest BCUT2D eigenvalue weighted by atomic mass is 16.7. The van der Waals surface area contributed by atoms with Crippen molar-refractivity contribution in [2.75, 3.05) is 6.79 Å². The number of aliphatic carboxylic acids is 1. The average molecular weight is 304 g/mol. The van der Waals surface area contributed by atoms with Gasteiger partial charge < -0.3 is 19.1 Å². The van der Waals surface area contributed by atoms with Crippen LogP contribution < -0.4 is 9.47 Å². The van der Waals surface area contributed by atoms with Gasteiger partial charge in [-0.15, -0.1) is 0 Å². The smallest absolute Gasteiger partial charge is 0.303 e. The standard InChI is InChI=1S/C16H20N2O4/c1-16(2,3)15-17-10-7-12-13(22-9-21-12)8-11(10)18(15)6-4-5-14(19)20/h7-8H,4-6,9H2,1-3H3,(H,19,20). The summed E-state index contributed by atoms with van der Waals surface area (Å²) < 4.78 is 12.9. The van der Waals surface area contributed by atoms with Gasteiger partial charge in [0.1, 0.15) is 5.82 Å². The fourth-order valence-electron chi connectivity index (χ4n) is 2.70. The van der Waals surface area contributed by atoms with Crippen LogP contribution in [0.2, 0.25) is 0 Å². The van der Waals surface area contributed by atoms with Gasteiger partial charge in [0.15, 0.2) is 11.5 Å². The number of carbonyl (C=O) groups is 1. The van der Waals surface area contributed by atoms with Crippen molar-refractivity contribution in [3.63, 3.8) is 0 Å². The predicted octanol–water partition coefficient (Wildman–Crippen LogP) is 2.93. The molecular weight excluding hydrogens is 284 g/mol. The Hall–Kier alpha value is -2.24. The molecule has 22 heavy (non-hydrogen) atoms. The van der Waals surface area contributed by atoms with Crippen LogP contribution in [0.25, 0.3) is 11.0 Å². The van der Waals surface area contributed by atoms with Crippen molar-refractivity contribution in [2.24, 2.45) is 0 Å². The minimum Gasteiger partial charge on any atom is -0.481 e. The van der Waals surface area contributed by atoms with Crippen LogP contribution in [0.1, 0.15) is 39.4 Å². The highest BCUT2D eigenvalue weighted by Gasteiger charge is 2.25. The van der Waals surface area contributed by atoms with Crippen LogP contribution in [0.3, 0.4) is 0 Å². The van der Waals surface area contributed by atoms with Gasteiger partial charge >= 0.3 is 5.97 Å². The molecular formula is C16H20N2O4. The van der Waals surface area contributed by atoms with E-state index in [-0.39, 0.29) is 18.6 Å². The molecule has 0 atom stereocenters. The van der Waals surface area contributed by atoms with Gasteiger partial charge in [0, 0.05) is 30.5 Å². The Morgan fingerprint density at radius 1 is 1.32 bits per heavy atom. The molecule has 1 aromatic heterocycles. The zero-order chi connectivity index (χ0) is 15.9. The van der Waals surface area contributed by atoms with Crippen molar-refractivity contribution in [3.8, 4) is 11.5 Å². The molecule has 1 aromatic carbocycles. The number of aromatic nitrogens is 2. The molecule has 2 heterocycles. The second-order valence-corrected chi connectivity index (χ2v) is 6.53. The Bertz CT molecular complexity index is 728. The van der Waals surface area contributed by atoms with Gasteiger partial charge in [0.05, 0.1) is 11.0 Å². The molecule has 1 aliphatic rings. The highest BCUT2D eigenvalue weighted by Crippen LogP contribution is 2.37. The fraction of sp³-hybridized carbons (Fsp3) is 0.500. The third-order valence-corrected chi connectivity index (χ3v) is 3.69. The Kier molecular flexibility index (Phi) is 3.47. The van der Waals surface area contributed by atoms with E-state index in [0.29, 0.717) is 24.5 Å². The van der Waals surface area contributed by atoms with E-state index in [2.05, 4.69) is 25.3 Å². The van der Waals surface area contributed by atoms with E-state index < -0.39 is 5.97 Å². The molecule has 1 aliphatic heterocycles. The van der Waals surface area contributed by atoms with Gasteiger partial charge in [-0.1, -0.05) is 20.8 Å². The van der Waals surface area contributed by atoms with Crippen molar-refractivity contribution < 1.29 is 19.4 Å². The maximum Gasteiger partial charge on any atom is 0.303 e. The third-order valence-electron chi connectivity index (χ3n) is 3.69. The summed E-state index contributed by atoms with van der Waals surface area (Å²) in [6, 6.07) is 3.82. The lowest BCUT2D eigenvalue weighted by Gasteiger charge is -2.20. The summed E-state index contributed by atoms with van der Waals surface area (Å²) in [5.74, 6) is 1.59. The third kappa shape index (κ3) is 2.61. The topological polar surface area (TPSA) is 73.6 Å². The first-order valence-electron chi connectivity index (χ1n) is 7.38. The Morgan fingerprint density at radius 2 is 2.00 bits per heavy atom. The van der Waals surface area contributed by atoms with Crippen molar-refractivity contribution in [1.82, 2.24) is 9.55 Å². The fourth-order valence-corrected chi connectivity index (χ4v) is 2.70. The molecule has 118 valence electrons. The zero-order valence-corrected chi connectivity index (χ0v) is 13.0. The number of benzene rings is 1.